The lowest BCUT2D eigenvalue weighted by atomic mass is 10.2. The van der Waals surface area contributed by atoms with Gasteiger partial charge >= 0.3 is 11.9 Å². The summed E-state index contributed by atoms with van der Waals surface area (Å²) in [5.41, 5.74) is 0. The van der Waals surface area contributed by atoms with E-state index in [9.17, 15) is 13.6 Å². The highest BCUT2D eigenvalue weighted by molar-refractivity contribution is 9.10. The zero-order chi connectivity index (χ0) is 10.1. The maximum absolute atomic E-state index is 12.6. The summed E-state index contributed by atoms with van der Waals surface area (Å²) in [4.78, 5) is 10.0. The minimum atomic E-state index is -3.78. The van der Waals surface area contributed by atoms with Crippen LogP contribution < -0.4 is 0 Å². The Hall–Kier alpha value is -0.910. The fourth-order valence-electron chi connectivity index (χ4n) is 0.741. The van der Waals surface area contributed by atoms with Crippen LogP contribution in [0.3, 0.4) is 0 Å². The van der Waals surface area contributed by atoms with Gasteiger partial charge in [-0.3, -0.25) is 0 Å². The molecule has 1 aromatic rings. The van der Waals surface area contributed by atoms with E-state index in [4.69, 9.17) is 9.52 Å². The summed E-state index contributed by atoms with van der Waals surface area (Å²) in [7, 11) is 0. The van der Waals surface area contributed by atoms with Crippen LogP contribution in [0.5, 0.6) is 0 Å². The van der Waals surface area contributed by atoms with Crippen molar-refractivity contribution >= 4 is 21.9 Å². The van der Waals surface area contributed by atoms with Crippen LogP contribution in [-0.2, 0) is 11.2 Å². The van der Waals surface area contributed by atoms with Gasteiger partial charge in [0, 0.05) is 0 Å². The van der Waals surface area contributed by atoms with Gasteiger partial charge < -0.3 is 9.52 Å². The van der Waals surface area contributed by atoms with Crippen LogP contribution in [0.2, 0.25) is 0 Å². The topological polar surface area (TPSA) is 50.4 Å². The maximum atomic E-state index is 12.6. The van der Waals surface area contributed by atoms with Crippen LogP contribution in [-0.4, -0.2) is 17.0 Å². The van der Waals surface area contributed by atoms with E-state index in [1.807, 2.05) is 0 Å². The lowest BCUT2D eigenvalue weighted by Crippen LogP contribution is -2.30. The molecule has 0 saturated heterocycles. The van der Waals surface area contributed by atoms with Crippen LogP contribution in [0, 0.1) is 0 Å². The Morgan fingerprint density at radius 2 is 2.23 bits per heavy atom. The number of carboxylic acids is 1. The molecule has 72 valence electrons. The summed E-state index contributed by atoms with van der Waals surface area (Å²) in [6.07, 6.45) is -0.937. The predicted molar refractivity (Wildman–Crippen MR) is 42.7 cm³/mol. The third kappa shape index (κ3) is 2.51. The van der Waals surface area contributed by atoms with Crippen LogP contribution in [0.4, 0.5) is 8.78 Å². The van der Waals surface area contributed by atoms with E-state index in [0.29, 0.717) is 4.67 Å². The van der Waals surface area contributed by atoms with Crippen molar-refractivity contribution in [1.29, 1.82) is 0 Å². The second-order valence-electron chi connectivity index (χ2n) is 2.39. The third-order valence-electron chi connectivity index (χ3n) is 1.34. The van der Waals surface area contributed by atoms with Gasteiger partial charge in [-0.05, 0) is 28.1 Å². The largest absolute Gasteiger partial charge is 0.477 e. The molecule has 0 saturated carbocycles. The van der Waals surface area contributed by atoms with Gasteiger partial charge in [-0.15, -0.1) is 0 Å². The first-order chi connectivity index (χ1) is 5.92. The molecule has 0 fully saturated rings. The van der Waals surface area contributed by atoms with E-state index in [2.05, 4.69) is 15.9 Å². The van der Waals surface area contributed by atoms with Crippen molar-refractivity contribution in [2.24, 2.45) is 0 Å². The normalized spacial score (nSPS) is 11.6. The highest BCUT2D eigenvalue weighted by atomic mass is 79.9. The van der Waals surface area contributed by atoms with Crippen LogP contribution in [0.15, 0.2) is 21.2 Å². The van der Waals surface area contributed by atoms with Crippen LogP contribution >= 0.6 is 15.9 Å². The number of rotatable bonds is 3. The molecule has 0 aliphatic rings. The number of carboxylic acid groups (broad SMARTS) is 1. The Bertz CT molecular complexity index is 321. The minimum Gasteiger partial charge on any atom is -0.477 e. The Morgan fingerprint density at radius 1 is 1.62 bits per heavy atom. The molecule has 0 atom stereocenters. The number of carbonyl (C=O) groups is 1. The van der Waals surface area contributed by atoms with Gasteiger partial charge in [-0.2, -0.15) is 8.78 Å². The van der Waals surface area contributed by atoms with E-state index in [1.165, 1.54) is 12.1 Å². The molecule has 1 heterocycles. The molecule has 0 aliphatic carbocycles. The third-order valence-corrected chi connectivity index (χ3v) is 1.76. The Balaban J connectivity index is 2.74. The summed E-state index contributed by atoms with van der Waals surface area (Å²) in [5.74, 6) is -6.00. The van der Waals surface area contributed by atoms with E-state index in [0.717, 1.165) is 0 Å². The zero-order valence-electron chi connectivity index (χ0n) is 6.26. The lowest BCUT2D eigenvalue weighted by Gasteiger charge is -2.07. The molecule has 3 nitrogen and oxygen atoms in total. The highest BCUT2D eigenvalue weighted by Gasteiger charge is 2.39. The molecular weight excluding hydrogens is 250 g/mol. The molecule has 0 aromatic carbocycles. The van der Waals surface area contributed by atoms with Gasteiger partial charge in [0.1, 0.15) is 5.76 Å². The fourth-order valence-corrected chi connectivity index (χ4v) is 1.08. The summed E-state index contributed by atoms with van der Waals surface area (Å²) in [6, 6.07) is 2.72. The average molecular weight is 255 g/mol. The number of alkyl halides is 2. The van der Waals surface area contributed by atoms with Crippen molar-refractivity contribution in [2.75, 3.05) is 0 Å². The van der Waals surface area contributed by atoms with Gasteiger partial charge in [0.25, 0.3) is 0 Å². The summed E-state index contributed by atoms with van der Waals surface area (Å²) in [6.45, 7) is 0. The monoisotopic (exact) mass is 254 g/mol. The van der Waals surface area contributed by atoms with Gasteiger partial charge in [0.15, 0.2) is 4.67 Å². The first kappa shape index (κ1) is 10.2. The molecule has 1 N–H and O–H groups in total. The quantitative estimate of drug-likeness (QED) is 0.901. The molecule has 0 amide bonds. The Labute approximate surface area is 80.5 Å². The second kappa shape index (κ2) is 3.45. The summed E-state index contributed by atoms with van der Waals surface area (Å²) in [5, 5.41) is 8.11. The first-order valence-corrected chi connectivity index (χ1v) is 4.06. The molecule has 0 bridgehead atoms. The van der Waals surface area contributed by atoms with Crippen molar-refractivity contribution < 1.29 is 23.1 Å². The molecule has 1 aromatic heterocycles. The van der Waals surface area contributed by atoms with Gasteiger partial charge in [-0.1, -0.05) is 0 Å². The van der Waals surface area contributed by atoms with E-state index >= 15 is 0 Å². The van der Waals surface area contributed by atoms with Gasteiger partial charge in [-0.25, -0.2) is 4.79 Å². The van der Waals surface area contributed by atoms with Crippen molar-refractivity contribution in [3.05, 3.63) is 22.6 Å². The zero-order valence-corrected chi connectivity index (χ0v) is 7.85. The van der Waals surface area contributed by atoms with Gasteiger partial charge in [0.05, 0.1) is 6.42 Å². The molecule has 0 spiro atoms. The molecular formula is C7H5BrF2O3. The summed E-state index contributed by atoms with van der Waals surface area (Å²) < 4.78 is 30.2. The summed E-state index contributed by atoms with van der Waals surface area (Å²) >= 11 is 2.92. The Morgan fingerprint density at radius 3 is 2.62 bits per heavy atom. The number of hydrogen-bond donors (Lipinski definition) is 1. The minimum absolute atomic E-state index is 0.0701. The smallest absolute Gasteiger partial charge is 0.375 e. The SMILES string of the molecule is O=C(O)C(F)(F)Cc1ccc(Br)o1. The van der Waals surface area contributed by atoms with Crippen LogP contribution in [0.1, 0.15) is 5.76 Å². The predicted octanol–water partition coefficient (Wildman–Crippen LogP) is 2.30. The second-order valence-corrected chi connectivity index (χ2v) is 3.17. The Kier molecular flexibility index (Phi) is 2.70. The molecule has 0 aliphatic heterocycles. The standard InChI is InChI=1S/C7H5BrF2O3/c8-5-2-1-4(13-5)3-7(9,10)6(11)12/h1-2H,3H2,(H,11,12). The van der Waals surface area contributed by atoms with Gasteiger partial charge in [0.2, 0.25) is 0 Å². The number of furan rings is 1. The van der Waals surface area contributed by atoms with Crippen molar-refractivity contribution in [3.8, 4) is 0 Å². The van der Waals surface area contributed by atoms with Crippen molar-refractivity contribution in [3.63, 3.8) is 0 Å². The van der Waals surface area contributed by atoms with Crippen molar-refractivity contribution in [1.82, 2.24) is 0 Å². The van der Waals surface area contributed by atoms with E-state index in [-0.39, 0.29) is 5.76 Å². The first-order valence-electron chi connectivity index (χ1n) is 3.27. The number of aliphatic carboxylic acids is 1. The number of hydrogen-bond acceptors (Lipinski definition) is 2. The molecule has 13 heavy (non-hydrogen) atoms. The molecule has 0 radical (unpaired) electrons. The lowest BCUT2D eigenvalue weighted by molar-refractivity contribution is -0.164. The number of halogens is 3. The molecule has 6 heteroatoms. The fraction of sp³-hybridized carbons (Fsp3) is 0.286. The highest BCUT2D eigenvalue weighted by Crippen LogP contribution is 2.23. The molecule has 1 rings (SSSR count). The van der Waals surface area contributed by atoms with E-state index < -0.39 is 18.3 Å². The van der Waals surface area contributed by atoms with E-state index in [1.54, 1.807) is 0 Å². The van der Waals surface area contributed by atoms with Crippen molar-refractivity contribution in [2.45, 2.75) is 12.3 Å². The van der Waals surface area contributed by atoms with Crippen LogP contribution in [0.25, 0.3) is 0 Å². The maximum Gasteiger partial charge on any atom is 0.375 e. The molecule has 0 unspecified atom stereocenters. The average Bonchev–Trinajstić information content (AvgIpc) is 2.34.